The van der Waals surface area contributed by atoms with E-state index in [1.165, 1.54) is 0 Å². The molecule has 4 rings (SSSR count). The van der Waals surface area contributed by atoms with Gasteiger partial charge in [-0.3, -0.25) is 4.90 Å². The van der Waals surface area contributed by atoms with E-state index in [0.717, 1.165) is 30.8 Å². The molecule has 0 amide bonds. The molecule has 1 aliphatic rings. The van der Waals surface area contributed by atoms with Gasteiger partial charge in [-0.2, -0.15) is 0 Å². The van der Waals surface area contributed by atoms with Crippen molar-refractivity contribution >= 4 is 11.6 Å². The van der Waals surface area contributed by atoms with E-state index in [0.29, 0.717) is 37.1 Å². The van der Waals surface area contributed by atoms with Gasteiger partial charge in [0.25, 0.3) is 0 Å². The van der Waals surface area contributed by atoms with Crippen molar-refractivity contribution in [3.05, 3.63) is 77.8 Å². The van der Waals surface area contributed by atoms with Gasteiger partial charge in [0.2, 0.25) is 0 Å². The van der Waals surface area contributed by atoms with Crippen LogP contribution in [0.15, 0.2) is 67.3 Å². The van der Waals surface area contributed by atoms with Crippen molar-refractivity contribution in [3.63, 3.8) is 0 Å². The number of imidazole rings is 1. The minimum atomic E-state index is -1.10. The summed E-state index contributed by atoms with van der Waals surface area (Å²) >= 11 is 5.93. The predicted molar refractivity (Wildman–Crippen MR) is 127 cm³/mol. The summed E-state index contributed by atoms with van der Waals surface area (Å²) in [6.07, 6.45) is 6.45. The number of benzene rings is 2. The lowest BCUT2D eigenvalue weighted by molar-refractivity contribution is -0.0646. The largest absolute Gasteiger partial charge is 0.494 e. The van der Waals surface area contributed by atoms with Gasteiger partial charge in [-0.15, -0.1) is 0 Å². The summed E-state index contributed by atoms with van der Waals surface area (Å²) in [4.78, 5) is 6.24. The average Bonchev–Trinajstić information content (AvgIpc) is 3.26. The Bertz CT molecular complexity index is 984. The van der Waals surface area contributed by atoms with Crippen LogP contribution in [0.5, 0.6) is 11.5 Å². The number of aliphatic hydroxyl groups is 1. The fourth-order valence-electron chi connectivity index (χ4n) is 3.82. The van der Waals surface area contributed by atoms with Crippen LogP contribution in [0.4, 0.5) is 0 Å². The fraction of sp³-hybridized carbons (Fsp3) is 0.400. The van der Waals surface area contributed by atoms with Gasteiger partial charge in [0.05, 0.1) is 26.1 Å². The first-order chi connectivity index (χ1) is 16.1. The van der Waals surface area contributed by atoms with Crippen LogP contribution in [0, 0.1) is 0 Å². The van der Waals surface area contributed by atoms with Crippen molar-refractivity contribution in [1.29, 1.82) is 0 Å². The molecule has 1 saturated heterocycles. The second-order valence-corrected chi connectivity index (χ2v) is 8.82. The average molecular weight is 472 g/mol. The molecule has 0 unspecified atom stereocenters. The predicted octanol–water partition coefficient (Wildman–Crippen LogP) is 3.65. The number of β-amino-alcohol motifs (C(OH)–C–C–N with tert-alkyl or cyclic N) is 1. The van der Waals surface area contributed by atoms with Crippen molar-refractivity contribution in [2.24, 2.45) is 0 Å². The molecule has 0 radical (unpaired) electrons. The Morgan fingerprint density at radius 3 is 2.82 bits per heavy atom. The third kappa shape index (κ3) is 7.47. The first-order valence-corrected chi connectivity index (χ1v) is 11.5. The van der Waals surface area contributed by atoms with Gasteiger partial charge in [-0.05, 0) is 48.4 Å². The lowest BCUT2D eigenvalue weighted by Crippen LogP contribution is -2.48. The minimum Gasteiger partial charge on any atom is -0.494 e. The summed E-state index contributed by atoms with van der Waals surface area (Å²) in [6.45, 7) is 4.34. The van der Waals surface area contributed by atoms with Crippen LogP contribution in [0.25, 0.3) is 0 Å². The van der Waals surface area contributed by atoms with Crippen LogP contribution < -0.4 is 9.47 Å². The monoisotopic (exact) mass is 471 g/mol. The molecule has 33 heavy (non-hydrogen) atoms. The Morgan fingerprint density at radius 1 is 1.12 bits per heavy atom. The first kappa shape index (κ1) is 23.6. The van der Waals surface area contributed by atoms with Gasteiger partial charge in [0.1, 0.15) is 23.7 Å². The molecule has 1 fully saturated rings. The number of aryl methyl sites for hydroxylation is 1. The second-order valence-electron chi connectivity index (χ2n) is 8.38. The van der Waals surface area contributed by atoms with Crippen LogP contribution >= 0.6 is 11.6 Å². The summed E-state index contributed by atoms with van der Waals surface area (Å²) < 4.78 is 19.5. The van der Waals surface area contributed by atoms with Gasteiger partial charge in [0.15, 0.2) is 0 Å². The van der Waals surface area contributed by atoms with Gasteiger partial charge >= 0.3 is 0 Å². The normalized spacial score (nSPS) is 19.2. The third-order valence-corrected chi connectivity index (χ3v) is 5.71. The molecule has 2 aromatic carbocycles. The highest BCUT2D eigenvalue weighted by atomic mass is 35.5. The highest BCUT2D eigenvalue weighted by Crippen LogP contribution is 2.21. The van der Waals surface area contributed by atoms with Crippen LogP contribution in [-0.2, 0) is 17.8 Å². The zero-order chi connectivity index (χ0) is 22.9. The van der Waals surface area contributed by atoms with E-state index in [-0.39, 0.29) is 13.2 Å². The Balaban J connectivity index is 1.28. The van der Waals surface area contributed by atoms with E-state index in [1.807, 2.05) is 29.2 Å². The van der Waals surface area contributed by atoms with Crippen molar-refractivity contribution in [2.75, 3.05) is 39.5 Å². The molecule has 1 aliphatic heterocycles. The number of rotatable bonds is 10. The van der Waals surface area contributed by atoms with Crippen molar-refractivity contribution in [2.45, 2.75) is 25.1 Å². The van der Waals surface area contributed by atoms with E-state index >= 15 is 0 Å². The molecule has 0 aliphatic carbocycles. The summed E-state index contributed by atoms with van der Waals surface area (Å²) in [5, 5.41) is 11.8. The van der Waals surface area contributed by atoms with Crippen LogP contribution in [-0.4, -0.2) is 64.7 Å². The summed E-state index contributed by atoms with van der Waals surface area (Å²) in [6, 6.07) is 15.2. The molecule has 0 spiro atoms. The van der Waals surface area contributed by atoms with E-state index in [4.69, 9.17) is 25.8 Å². The van der Waals surface area contributed by atoms with Gasteiger partial charge in [0, 0.05) is 43.6 Å². The van der Waals surface area contributed by atoms with E-state index in [9.17, 15) is 5.11 Å². The first-order valence-electron chi connectivity index (χ1n) is 11.2. The van der Waals surface area contributed by atoms with Crippen LogP contribution in [0.1, 0.15) is 12.0 Å². The van der Waals surface area contributed by atoms with Gasteiger partial charge < -0.3 is 23.9 Å². The molecular weight excluding hydrogens is 442 g/mol. The SMILES string of the molecule is O[C@@]1(COc2ccc(Cl)cc2)COCCN(Cc2cccc(OCCCn3ccnc3)c2)C1. The van der Waals surface area contributed by atoms with E-state index in [1.54, 1.807) is 30.5 Å². The Morgan fingerprint density at radius 2 is 2.00 bits per heavy atom. The molecule has 1 aromatic heterocycles. The number of hydrogen-bond donors (Lipinski definition) is 1. The molecule has 0 bridgehead atoms. The summed E-state index contributed by atoms with van der Waals surface area (Å²) in [7, 11) is 0. The van der Waals surface area contributed by atoms with E-state index < -0.39 is 5.60 Å². The zero-order valence-electron chi connectivity index (χ0n) is 18.6. The molecule has 8 heteroatoms. The van der Waals surface area contributed by atoms with Crippen molar-refractivity contribution in [1.82, 2.24) is 14.5 Å². The van der Waals surface area contributed by atoms with Gasteiger partial charge in [-0.1, -0.05) is 23.7 Å². The summed E-state index contributed by atoms with van der Waals surface area (Å²) in [5.41, 5.74) is 0.0300. The summed E-state index contributed by atoms with van der Waals surface area (Å²) in [5.74, 6) is 1.52. The lowest BCUT2D eigenvalue weighted by atomic mass is 10.1. The number of ether oxygens (including phenoxy) is 3. The molecule has 0 saturated carbocycles. The standard InChI is InChI=1S/C25H30ClN3O4/c26-22-5-7-23(8-6-22)33-19-25(30)17-29(12-14-31-18-25)16-21-3-1-4-24(15-21)32-13-2-10-28-11-9-27-20-28/h1,3-9,11,15,20,30H,2,10,12-14,16-19H2/t25-/m1/s1. The van der Waals surface area contributed by atoms with E-state index in [2.05, 4.69) is 22.0 Å². The Hall–Kier alpha value is -2.58. The molecule has 2 heterocycles. The number of hydrogen-bond acceptors (Lipinski definition) is 6. The molecule has 1 N–H and O–H groups in total. The van der Waals surface area contributed by atoms with Gasteiger partial charge in [-0.25, -0.2) is 4.98 Å². The number of aromatic nitrogens is 2. The van der Waals surface area contributed by atoms with Crippen molar-refractivity contribution in [3.8, 4) is 11.5 Å². The maximum absolute atomic E-state index is 11.1. The second kappa shape index (κ2) is 11.5. The highest BCUT2D eigenvalue weighted by Gasteiger charge is 2.33. The fourth-order valence-corrected chi connectivity index (χ4v) is 3.94. The number of halogens is 1. The Kier molecular flexibility index (Phi) is 8.23. The minimum absolute atomic E-state index is 0.144. The molecular formula is C25H30ClN3O4. The smallest absolute Gasteiger partial charge is 0.134 e. The molecule has 1 atom stereocenters. The molecule has 3 aromatic rings. The lowest BCUT2D eigenvalue weighted by Gasteiger charge is -2.30. The molecule has 7 nitrogen and oxygen atoms in total. The Labute approximate surface area is 199 Å². The maximum atomic E-state index is 11.1. The highest BCUT2D eigenvalue weighted by molar-refractivity contribution is 6.30. The van der Waals surface area contributed by atoms with Crippen molar-refractivity contribution < 1.29 is 19.3 Å². The quantitative estimate of drug-likeness (QED) is 0.455. The number of nitrogens with zero attached hydrogens (tertiary/aromatic N) is 3. The molecule has 176 valence electrons. The van der Waals surface area contributed by atoms with Crippen LogP contribution in [0.2, 0.25) is 5.02 Å². The van der Waals surface area contributed by atoms with Crippen LogP contribution in [0.3, 0.4) is 0 Å². The topological polar surface area (TPSA) is 69.0 Å². The zero-order valence-corrected chi connectivity index (χ0v) is 19.4. The third-order valence-electron chi connectivity index (χ3n) is 5.45. The maximum Gasteiger partial charge on any atom is 0.134 e.